The Kier molecular flexibility index (Phi) is 3.89. The molecule has 0 radical (unpaired) electrons. The molecule has 94 valence electrons. The number of nitrogen functional groups attached to an aromatic ring is 1. The lowest BCUT2D eigenvalue weighted by Crippen LogP contribution is -2.30. The first kappa shape index (κ1) is 12.6. The average molecular weight is 300 g/mol. The summed E-state index contributed by atoms with van der Waals surface area (Å²) in [7, 11) is 1.77. The maximum absolute atomic E-state index is 5.81. The molecular weight excluding hydrogens is 282 g/mol. The third-order valence-electron chi connectivity index (χ3n) is 3.38. The monoisotopic (exact) mass is 299 g/mol. The Bertz CT molecular complexity index is 411. The number of nitrogens with zero attached hydrogens (tertiary/aromatic N) is 1. The molecule has 1 aromatic heterocycles. The fourth-order valence-electron chi connectivity index (χ4n) is 2.24. The van der Waals surface area contributed by atoms with Crippen LogP contribution in [0.3, 0.4) is 0 Å². The topological polar surface area (TPSA) is 60.2 Å². The number of hydrogen-bond acceptors (Lipinski definition) is 4. The summed E-state index contributed by atoms with van der Waals surface area (Å²) < 4.78 is 6.40. The zero-order chi connectivity index (χ0) is 12.4. The molecule has 0 aromatic carbocycles. The summed E-state index contributed by atoms with van der Waals surface area (Å²) in [5.41, 5.74) is 7.53. The van der Waals surface area contributed by atoms with Gasteiger partial charge in [-0.2, -0.15) is 0 Å². The van der Waals surface area contributed by atoms with E-state index in [2.05, 4.69) is 26.2 Å². The molecule has 1 aliphatic rings. The van der Waals surface area contributed by atoms with Gasteiger partial charge in [-0.1, -0.05) is 0 Å². The van der Waals surface area contributed by atoms with E-state index in [4.69, 9.17) is 10.5 Å². The number of nitrogens with two attached hydrogens (primary N) is 1. The van der Waals surface area contributed by atoms with Crippen LogP contribution >= 0.6 is 15.9 Å². The Hall–Kier alpha value is -0.810. The van der Waals surface area contributed by atoms with Gasteiger partial charge < -0.3 is 15.8 Å². The van der Waals surface area contributed by atoms with Crippen molar-refractivity contribution in [2.24, 2.45) is 0 Å². The second-order valence-corrected chi connectivity index (χ2v) is 5.25. The third kappa shape index (κ3) is 2.55. The van der Waals surface area contributed by atoms with E-state index in [9.17, 15) is 0 Å². The number of hydrogen-bond donors (Lipinski definition) is 2. The van der Waals surface area contributed by atoms with Crippen LogP contribution in [0.5, 0.6) is 0 Å². The van der Waals surface area contributed by atoms with Crippen molar-refractivity contribution >= 4 is 27.4 Å². The van der Waals surface area contributed by atoms with Gasteiger partial charge in [0.2, 0.25) is 0 Å². The van der Waals surface area contributed by atoms with Crippen molar-refractivity contribution in [3.63, 3.8) is 0 Å². The van der Waals surface area contributed by atoms with Crippen molar-refractivity contribution in [2.75, 3.05) is 18.2 Å². The summed E-state index contributed by atoms with van der Waals surface area (Å²) in [6, 6.07) is 0.340. The van der Waals surface area contributed by atoms with Gasteiger partial charge in [0.1, 0.15) is 5.82 Å². The normalized spacial score (nSPS) is 23.9. The van der Waals surface area contributed by atoms with E-state index in [1.165, 1.54) is 6.42 Å². The maximum atomic E-state index is 5.81. The summed E-state index contributed by atoms with van der Waals surface area (Å²) in [6.07, 6.45) is 5.40. The summed E-state index contributed by atoms with van der Waals surface area (Å²) in [5, 5.41) is 3.44. The highest BCUT2D eigenvalue weighted by Crippen LogP contribution is 2.31. The van der Waals surface area contributed by atoms with Crippen LogP contribution in [0.15, 0.2) is 10.7 Å². The Morgan fingerprint density at radius 3 is 3.00 bits per heavy atom. The van der Waals surface area contributed by atoms with Crippen LogP contribution in [-0.2, 0) is 4.74 Å². The molecule has 1 aliphatic carbocycles. The Labute approximate surface area is 110 Å². The van der Waals surface area contributed by atoms with E-state index < -0.39 is 0 Å². The lowest BCUT2D eigenvalue weighted by Gasteiger charge is -2.21. The van der Waals surface area contributed by atoms with Crippen LogP contribution in [0.2, 0.25) is 0 Å². The van der Waals surface area contributed by atoms with Gasteiger partial charge in [0.05, 0.1) is 28.5 Å². The molecule has 1 saturated carbocycles. The standard InChI is InChI=1S/C12H18BrN3O/c1-7-8(14)6-15-12(11(7)13)16-9-4-3-5-10(9)17-2/h6,9-10H,3-5,14H2,1-2H3,(H,15,16). The van der Waals surface area contributed by atoms with E-state index in [0.29, 0.717) is 11.7 Å². The SMILES string of the molecule is COC1CCCC1Nc1ncc(N)c(C)c1Br. The van der Waals surface area contributed by atoms with Crippen molar-refractivity contribution < 1.29 is 4.74 Å². The van der Waals surface area contributed by atoms with E-state index in [0.717, 1.165) is 28.7 Å². The lowest BCUT2D eigenvalue weighted by atomic mass is 10.2. The molecule has 0 aliphatic heterocycles. The molecule has 2 atom stereocenters. The molecule has 2 rings (SSSR count). The molecule has 1 fully saturated rings. The summed E-state index contributed by atoms with van der Waals surface area (Å²) >= 11 is 3.53. The van der Waals surface area contributed by atoms with E-state index in [1.807, 2.05) is 6.92 Å². The summed E-state index contributed by atoms with van der Waals surface area (Å²) in [4.78, 5) is 4.33. The minimum absolute atomic E-state index is 0.279. The molecule has 1 aromatic rings. The Balaban J connectivity index is 2.16. The Morgan fingerprint density at radius 2 is 2.29 bits per heavy atom. The van der Waals surface area contributed by atoms with Gasteiger partial charge in [-0.05, 0) is 47.7 Å². The second-order valence-electron chi connectivity index (χ2n) is 4.46. The van der Waals surface area contributed by atoms with Gasteiger partial charge in [-0.25, -0.2) is 4.98 Å². The minimum Gasteiger partial charge on any atom is -0.397 e. The number of aromatic nitrogens is 1. The first-order valence-corrected chi connectivity index (χ1v) is 6.62. The molecule has 17 heavy (non-hydrogen) atoms. The minimum atomic E-state index is 0.279. The number of halogens is 1. The lowest BCUT2D eigenvalue weighted by molar-refractivity contribution is 0.101. The first-order chi connectivity index (χ1) is 8.13. The van der Waals surface area contributed by atoms with Crippen molar-refractivity contribution in [1.29, 1.82) is 0 Å². The predicted octanol–water partition coefficient (Wildman–Crippen LogP) is 2.71. The molecule has 0 saturated heterocycles. The number of anilines is 2. The van der Waals surface area contributed by atoms with Crippen molar-refractivity contribution in [1.82, 2.24) is 4.98 Å². The first-order valence-electron chi connectivity index (χ1n) is 5.83. The fourth-order valence-corrected chi connectivity index (χ4v) is 2.69. The van der Waals surface area contributed by atoms with Crippen LogP contribution in [0, 0.1) is 6.92 Å². The van der Waals surface area contributed by atoms with Crippen molar-refractivity contribution in [2.45, 2.75) is 38.3 Å². The van der Waals surface area contributed by atoms with Crippen LogP contribution in [-0.4, -0.2) is 24.2 Å². The Morgan fingerprint density at radius 1 is 1.53 bits per heavy atom. The maximum Gasteiger partial charge on any atom is 0.141 e. The van der Waals surface area contributed by atoms with Gasteiger partial charge in [-0.3, -0.25) is 0 Å². The smallest absolute Gasteiger partial charge is 0.141 e. The number of nitrogens with one attached hydrogen (secondary N) is 1. The van der Waals surface area contributed by atoms with E-state index >= 15 is 0 Å². The number of pyridine rings is 1. The van der Waals surface area contributed by atoms with E-state index in [1.54, 1.807) is 13.3 Å². The number of methoxy groups -OCH3 is 1. The second kappa shape index (κ2) is 5.23. The van der Waals surface area contributed by atoms with E-state index in [-0.39, 0.29) is 6.10 Å². The van der Waals surface area contributed by atoms with Crippen molar-refractivity contribution in [3.8, 4) is 0 Å². The van der Waals surface area contributed by atoms with Crippen LogP contribution in [0.4, 0.5) is 11.5 Å². The van der Waals surface area contributed by atoms with Gasteiger partial charge >= 0.3 is 0 Å². The van der Waals surface area contributed by atoms with Crippen LogP contribution in [0.25, 0.3) is 0 Å². The average Bonchev–Trinajstić information content (AvgIpc) is 2.77. The molecule has 0 spiro atoms. The molecular formula is C12H18BrN3O. The highest BCUT2D eigenvalue weighted by atomic mass is 79.9. The van der Waals surface area contributed by atoms with Gasteiger partial charge in [-0.15, -0.1) is 0 Å². The number of ether oxygens (including phenoxy) is 1. The quantitative estimate of drug-likeness (QED) is 0.901. The highest BCUT2D eigenvalue weighted by molar-refractivity contribution is 9.10. The molecule has 0 amide bonds. The zero-order valence-corrected chi connectivity index (χ0v) is 11.8. The molecule has 4 nitrogen and oxygen atoms in total. The van der Waals surface area contributed by atoms with Gasteiger partial charge in [0.15, 0.2) is 0 Å². The summed E-state index contributed by atoms with van der Waals surface area (Å²) in [6.45, 7) is 1.98. The molecule has 5 heteroatoms. The molecule has 1 heterocycles. The van der Waals surface area contributed by atoms with Crippen molar-refractivity contribution in [3.05, 3.63) is 16.2 Å². The van der Waals surface area contributed by atoms with Crippen LogP contribution < -0.4 is 11.1 Å². The van der Waals surface area contributed by atoms with Crippen LogP contribution in [0.1, 0.15) is 24.8 Å². The molecule has 3 N–H and O–H groups in total. The molecule has 2 unspecified atom stereocenters. The highest BCUT2D eigenvalue weighted by Gasteiger charge is 2.27. The third-order valence-corrected chi connectivity index (χ3v) is 4.35. The zero-order valence-electron chi connectivity index (χ0n) is 10.2. The van der Waals surface area contributed by atoms with Gasteiger partial charge in [0, 0.05) is 7.11 Å². The predicted molar refractivity (Wildman–Crippen MR) is 73.1 cm³/mol. The largest absolute Gasteiger partial charge is 0.397 e. The summed E-state index contributed by atoms with van der Waals surface area (Å²) in [5.74, 6) is 0.852. The molecule has 0 bridgehead atoms. The van der Waals surface area contributed by atoms with Gasteiger partial charge in [0.25, 0.3) is 0 Å². The number of rotatable bonds is 3. The fraction of sp³-hybridized carbons (Fsp3) is 0.583.